The minimum atomic E-state index is -4.74. The highest BCUT2D eigenvalue weighted by atomic mass is 19.4. The van der Waals surface area contributed by atoms with Gasteiger partial charge in [0.05, 0.1) is 119 Å². The summed E-state index contributed by atoms with van der Waals surface area (Å²) in [6.45, 7) is -0.156. The summed E-state index contributed by atoms with van der Waals surface area (Å²) >= 11 is 0. The highest BCUT2D eigenvalue weighted by Gasteiger charge is 2.47. The second kappa shape index (κ2) is 20.5. The SMILES string of the molecule is N#Cc1ccc([C@H]2NC(=O)N(c3cccc(C(F)(F)F)c3)C3=C2C(=O)N(CCC[N+](CCCN)(CCCN2CC4=C(C2=O)[C@@H](c2ccc(C#N)cc2)NC(=O)N4c2cccc(C(F)(F)F)c2)CC(=O)[O-])C3)cc1. The van der Waals surface area contributed by atoms with E-state index in [4.69, 9.17) is 5.73 Å². The van der Waals surface area contributed by atoms with Crippen LogP contribution in [0.2, 0.25) is 0 Å². The van der Waals surface area contributed by atoms with Gasteiger partial charge in [-0.2, -0.15) is 36.9 Å². The smallest absolute Gasteiger partial charge is 0.416 e. The molecule has 0 aromatic heterocycles. The number of hydrogen-bond acceptors (Lipinski definition) is 9. The second-order valence-electron chi connectivity index (χ2n) is 18.1. The van der Waals surface area contributed by atoms with Crippen LogP contribution in [0, 0.1) is 22.7 Å². The molecule has 0 spiro atoms. The predicted octanol–water partition coefficient (Wildman–Crippen LogP) is 5.60. The molecule has 22 heteroatoms. The number of carbonyl (C=O) groups excluding carboxylic acids is 5. The van der Waals surface area contributed by atoms with E-state index in [-0.39, 0.29) is 104 Å². The lowest BCUT2D eigenvalue weighted by atomic mass is 9.94. The van der Waals surface area contributed by atoms with Crippen LogP contribution >= 0.6 is 0 Å². The molecule has 6 amide bonds. The molecule has 8 rings (SSSR count). The largest absolute Gasteiger partial charge is 0.544 e. The Balaban J connectivity index is 1.02. The van der Waals surface area contributed by atoms with Crippen LogP contribution in [0.5, 0.6) is 0 Å². The van der Waals surface area contributed by atoms with Crippen molar-refractivity contribution >= 4 is 41.2 Å². The van der Waals surface area contributed by atoms with Gasteiger partial charge in [-0.3, -0.25) is 19.4 Å². The Labute approximate surface area is 414 Å². The fourth-order valence-electron chi connectivity index (χ4n) is 10.0. The first-order chi connectivity index (χ1) is 34.7. The summed E-state index contributed by atoms with van der Waals surface area (Å²) in [4.78, 5) is 74.0. The van der Waals surface area contributed by atoms with Crippen molar-refractivity contribution in [2.24, 2.45) is 5.73 Å². The molecule has 4 aliphatic heterocycles. The number of carboxylic acids is 1. The number of nitrogens with two attached hydrogens (primary N) is 1. The summed E-state index contributed by atoms with van der Waals surface area (Å²) in [5.74, 6) is -2.45. The third-order valence-corrected chi connectivity index (χ3v) is 13.4. The minimum absolute atomic E-state index is 0.0105. The molecule has 16 nitrogen and oxygen atoms in total. The normalized spacial score (nSPS) is 18.2. The van der Waals surface area contributed by atoms with Crippen molar-refractivity contribution in [3.63, 3.8) is 0 Å². The molecule has 0 radical (unpaired) electrons. The summed E-state index contributed by atoms with van der Waals surface area (Å²) in [7, 11) is 0. The molecule has 4 aromatic rings. The Morgan fingerprint density at radius 3 is 1.40 bits per heavy atom. The zero-order chi connectivity index (χ0) is 52.4. The van der Waals surface area contributed by atoms with Crippen molar-refractivity contribution in [3.8, 4) is 12.1 Å². The zero-order valence-electron chi connectivity index (χ0n) is 38.8. The Bertz CT molecular complexity index is 2810. The molecule has 0 fully saturated rings. The average Bonchev–Trinajstić information content (AvgIpc) is 3.86. The summed E-state index contributed by atoms with van der Waals surface area (Å²) in [6, 6.07) is 20.8. The molecule has 2 atom stereocenters. The first kappa shape index (κ1) is 51.2. The van der Waals surface area contributed by atoms with Crippen molar-refractivity contribution in [3.05, 3.63) is 153 Å². The molecular weight excluding hydrogens is 963 g/mol. The molecule has 0 saturated heterocycles. The third kappa shape index (κ3) is 10.6. The number of urea groups is 2. The highest BCUT2D eigenvalue weighted by Crippen LogP contribution is 2.42. The second-order valence-corrected chi connectivity index (χ2v) is 18.1. The number of carboxylic acid groups (broad SMARTS) is 1. The number of halogens is 6. The lowest BCUT2D eigenvalue weighted by molar-refractivity contribution is -0.923. The van der Waals surface area contributed by atoms with Gasteiger partial charge in [0.15, 0.2) is 0 Å². The molecule has 73 heavy (non-hydrogen) atoms. The zero-order valence-corrected chi connectivity index (χ0v) is 38.8. The number of rotatable bonds is 17. The van der Waals surface area contributed by atoms with Gasteiger partial charge in [0, 0.05) is 32.4 Å². The topological polar surface area (TPSA) is 219 Å². The van der Waals surface area contributed by atoms with E-state index in [0.29, 0.717) is 28.7 Å². The van der Waals surface area contributed by atoms with Gasteiger partial charge in [-0.1, -0.05) is 36.4 Å². The van der Waals surface area contributed by atoms with Gasteiger partial charge in [-0.15, -0.1) is 0 Å². The number of benzene rings is 4. The molecule has 4 aliphatic rings. The number of quaternary nitrogens is 1. The van der Waals surface area contributed by atoms with E-state index >= 15 is 0 Å². The molecule has 378 valence electrons. The molecule has 0 aliphatic carbocycles. The van der Waals surface area contributed by atoms with E-state index < -0.39 is 72.0 Å². The van der Waals surface area contributed by atoms with E-state index in [1.807, 2.05) is 12.1 Å². The van der Waals surface area contributed by atoms with E-state index in [2.05, 4.69) is 10.6 Å². The number of amides is 6. The molecule has 4 N–H and O–H groups in total. The Morgan fingerprint density at radius 2 is 1.04 bits per heavy atom. The number of nitrogens with zero attached hydrogens (tertiary/aromatic N) is 7. The Morgan fingerprint density at radius 1 is 0.644 bits per heavy atom. The van der Waals surface area contributed by atoms with Crippen LogP contribution in [0.15, 0.2) is 120 Å². The third-order valence-electron chi connectivity index (χ3n) is 13.4. The maximum atomic E-state index is 14.5. The van der Waals surface area contributed by atoms with Crippen molar-refractivity contribution < 1.29 is 59.9 Å². The van der Waals surface area contributed by atoms with E-state index in [9.17, 15) is 65.9 Å². The van der Waals surface area contributed by atoms with Gasteiger partial charge in [0.2, 0.25) is 0 Å². The molecule has 0 unspecified atom stereocenters. The van der Waals surface area contributed by atoms with Crippen molar-refractivity contribution in [2.75, 3.05) is 68.7 Å². The molecule has 4 heterocycles. The van der Waals surface area contributed by atoms with E-state index in [1.54, 1.807) is 24.3 Å². The van der Waals surface area contributed by atoms with Gasteiger partial charge in [-0.25, -0.2) is 9.59 Å². The van der Waals surface area contributed by atoms with Crippen molar-refractivity contribution in [1.29, 1.82) is 10.5 Å². The van der Waals surface area contributed by atoms with Gasteiger partial charge < -0.3 is 40.6 Å². The van der Waals surface area contributed by atoms with Crippen LogP contribution in [0.25, 0.3) is 0 Å². The Kier molecular flexibility index (Phi) is 14.4. The number of alkyl halides is 6. The summed E-state index contributed by atoms with van der Waals surface area (Å²) in [6.07, 6.45) is -8.76. The Hall–Kier alpha value is -8.21. The first-order valence-electron chi connectivity index (χ1n) is 23.1. The van der Waals surface area contributed by atoms with Crippen molar-refractivity contribution in [2.45, 2.75) is 43.7 Å². The van der Waals surface area contributed by atoms with Crippen LogP contribution in [0.4, 0.5) is 47.3 Å². The fraction of sp³-hybridized carbons (Fsp3) is 0.314. The van der Waals surface area contributed by atoms with E-state index in [0.717, 1.165) is 46.2 Å². The molecule has 0 saturated carbocycles. The van der Waals surface area contributed by atoms with Gasteiger partial charge in [0.25, 0.3) is 11.8 Å². The number of nitrogens with one attached hydrogen (secondary N) is 2. The number of aliphatic carboxylic acids is 1. The maximum absolute atomic E-state index is 14.5. The molecular formula is C51H46F6N10O6. The van der Waals surface area contributed by atoms with Gasteiger partial charge in [-0.05, 0) is 78.3 Å². The van der Waals surface area contributed by atoms with Crippen LogP contribution in [-0.2, 0) is 26.7 Å². The molecule has 4 aromatic carbocycles. The number of hydrogen-bond donors (Lipinski definition) is 3. The summed E-state index contributed by atoms with van der Waals surface area (Å²) < 4.78 is 83.2. The maximum Gasteiger partial charge on any atom is 0.416 e. The van der Waals surface area contributed by atoms with Crippen LogP contribution < -0.4 is 31.3 Å². The summed E-state index contributed by atoms with van der Waals surface area (Å²) in [5.41, 5.74) is 5.59. The lowest BCUT2D eigenvalue weighted by Gasteiger charge is -2.40. The first-order valence-corrected chi connectivity index (χ1v) is 23.1. The fourth-order valence-corrected chi connectivity index (χ4v) is 10.0. The highest BCUT2D eigenvalue weighted by molar-refractivity contribution is 6.08. The number of anilines is 2. The number of nitriles is 2. The van der Waals surface area contributed by atoms with Crippen LogP contribution in [0.1, 0.15) is 64.7 Å². The monoisotopic (exact) mass is 1010 g/mol. The lowest BCUT2D eigenvalue weighted by Crippen LogP contribution is -2.57. The van der Waals surface area contributed by atoms with E-state index in [1.165, 1.54) is 46.2 Å². The summed E-state index contributed by atoms with van der Waals surface area (Å²) in [5, 5.41) is 36.8. The predicted molar refractivity (Wildman–Crippen MR) is 248 cm³/mol. The van der Waals surface area contributed by atoms with Gasteiger partial charge in [0.1, 0.15) is 6.54 Å². The molecule has 0 bridgehead atoms. The number of carbonyl (C=O) groups is 5. The van der Waals surface area contributed by atoms with Gasteiger partial charge >= 0.3 is 24.4 Å². The van der Waals surface area contributed by atoms with Crippen LogP contribution in [0.3, 0.4) is 0 Å². The van der Waals surface area contributed by atoms with Crippen LogP contribution in [-0.4, -0.2) is 103 Å². The minimum Gasteiger partial charge on any atom is -0.544 e. The standard InChI is InChI=1S/C51H46F6N10O6/c52-50(53,54)35-6-1-8-37(24-35)65-39-28-63(46(70)42(39)44(61-48(65)72)33-14-10-31(26-59)11-15-33)19-4-22-67(21-3-18-58,30-41(68)69)23-5-20-64-29-40-43(47(64)71)45(34-16-12-32(27-60)13-17-34)62-49(73)66(40)38-9-2-7-36(25-38)51(55,56)57/h1-2,6-17,24-25,44-45H,3-5,18-23,28-30,58H2,(H2-,61,62,68,69,72,73)/t44-,45-/m1/s1. The quantitative estimate of drug-likeness (QED) is 0.0885. The average molecular weight is 1010 g/mol. The van der Waals surface area contributed by atoms with Crippen molar-refractivity contribution in [1.82, 2.24) is 20.4 Å².